The average molecular weight is 826 g/mol. The van der Waals surface area contributed by atoms with Gasteiger partial charge in [0.25, 0.3) is 0 Å². The van der Waals surface area contributed by atoms with Crippen LogP contribution in [0.25, 0.3) is 101 Å². The third kappa shape index (κ3) is 5.72. The predicted octanol–water partition coefficient (Wildman–Crippen LogP) is 15.4. The van der Waals surface area contributed by atoms with E-state index in [0.29, 0.717) is 17.5 Å². The van der Waals surface area contributed by atoms with Crippen molar-refractivity contribution in [3.8, 4) is 89.8 Å². The highest BCUT2D eigenvalue weighted by molar-refractivity contribution is 6.09. The zero-order valence-corrected chi connectivity index (χ0v) is 35.4. The fourth-order valence-electron chi connectivity index (χ4n) is 10.8. The zero-order valence-electron chi connectivity index (χ0n) is 35.4. The summed E-state index contributed by atoms with van der Waals surface area (Å²) in [5, 5.41) is 2.23. The van der Waals surface area contributed by atoms with Crippen LogP contribution >= 0.6 is 0 Å². The van der Waals surface area contributed by atoms with Gasteiger partial charge in [-0.15, -0.1) is 0 Å². The fourth-order valence-corrected chi connectivity index (χ4v) is 10.8. The van der Waals surface area contributed by atoms with Crippen LogP contribution in [-0.4, -0.2) is 15.0 Å². The summed E-state index contributed by atoms with van der Waals surface area (Å²) in [5.74, 6) is 1.88. The predicted molar refractivity (Wildman–Crippen MR) is 266 cm³/mol. The van der Waals surface area contributed by atoms with Crippen molar-refractivity contribution in [1.29, 1.82) is 0 Å². The minimum atomic E-state index is -0.418. The molecule has 0 radical (unpaired) electrons. The van der Waals surface area contributed by atoms with E-state index in [1.165, 1.54) is 55.6 Å². The van der Waals surface area contributed by atoms with Crippen molar-refractivity contribution in [2.24, 2.45) is 0 Å². The number of fused-ring (bicyclic) bond motifs is 11. The van der Waals surface area contributed by atoms with Crippen LogP contribution in [0.3, 0.4) is 0 Å². The van der Waals surface area contributed by atoms with Crippen LogP contribution in [0.4, 0.5) is 0 Å². The van der Waals surface area contributed by atoms with Crippen molar-refractivity contribution in [1.82, 2.24) is 15.0 Å². The second kappa shape index (κ2) is 14.8. The standard InChI is InChI=1S/C62H39N3/c1-3-18-40(19-4-1)42-22-15-24-44(38-42)59-63-60(45-25-16-23-43(39-45)41-20-5-2-6-21-41)65-61(64-59)52-37-36-48(46-26-7-8-27-47(46)52)51-31-17-35-57-58(51)53-30-11-14-34-56(53)62(57)54-32-12-9-28-49(54)50-29-10-13-33-55(50)62/h1-39H. The van der Waals surface area contributed by atoms with Crippen LogP contribution < -0.4 is 0 Å². The first kappa shape index (κ1) is 37.1. The zero-order chi connectivity index (χ0) is 42.9. The molecule has 0 N–H and O–H groups in total. The summed E-state index contributed by atoms with van der Waals surface area (Å²) < 4.78 is 0. The van der Waals surface area contributed by atoms with E-state index in [2.05, 4.69) is 224 Å². The molecule has 1 heterocycles. The summed E-state index contributed by atoms with van der Waals surface area (Å²) >= 11 is 0. The third-order valence-electron chi connectivity index (χ3n) is 13.6. The van der Waals surface area contributed by atoms with Gasteiger partial charge in [-0.3, -0.25) is 0 Å². The maximum absolute atomic E-state index is 5.32. The molecule has 0 saturated carbocycles. The molecule has 1 spiro atoms. The molecule has 0 bridgehead atoms. The van der Waals surface area contributed by atoms with E-state index in [1.54, 1.807) is 0 Å². The van der Waals surface area contributed by atoms with E-state index in [4.69, 9.17) is 15.0 Å². The van der Waals surface area contributed by atoms with Crippen LogP contribution in [0.5, 0.6) is 0 Å². The molecule has 0 unspecified atom stereocenters. The lowest BCUT2D eigenvalue weighted by Crippen LogP contribution is -2.25. The third-order valence-corrected chi connectivity index (χ3v) is 13.6. The molecule has 11 aromatic rings. The highest BCUT2D eigenvalue weighted by atomic mass is 15.0. The van der Waals surface area contributed by atoms with Crippen LogP contribution in [-0.2, 0) is 5.41 Å². The van der Waals surface area contributed by atoms with Gasteiger partial charge in [-0.2, -0.15) is 0 Å². The first-order valence-electron chi connectivity index (χ1n) is 22.3. The smallest absolute Gasteiger partial charge is 0.164 e. The summed E-state index contributed by atoms with van der Waals surface area (Å²) in [6.07, 6.45) is 0. The van der Waals surface area contributed by atoms with Crippen LogP contribution in [0, 0.1) is 0 Å². The molecular formula is C62H39N3. The van der Waals surface area contributed by atoms with Gasteiger partial charge in [-0.05, 0) is 107 Å². The van der Waals surface area contributed by atoms with Gasteiger partial charge in [0.2, 0.25) is 0 Å². The van der Waals surface area contributed by atoms with Crippen molar-refractivity contribution in [3.05, 3.63) is 259 Å². The topological polar surface area (TPSA) is 38.7 Å². The highest BCUT2D eigenvalue weighted by Gasteiger charge is 2.52. The van der Waals surface area contributed by atoms with Gasteiger partial charge in [-0.25, -0.2) is 15.0 Å². The number of rotatable bonds is 6. The maximum atomic E-state index is 5.32. The number of benzene rings is 10. The Morgan fingerprint density at radius 1 is 0.231 bits per heavy atom. The van der Waals surface area contributed by atoms with Crippen LogP contribution in [0.1, 0.15) is 22.3 Å². The summed E-state index contributed by atoms with van der Waals surface area (Å²) in [5.41, 5.74) is 19.8. The van der Waals surface area contributed by atoms with E-state index in [0.717, 1.165) is 49.7 Å². The maximum Gasteiger partial charge on any atom is 0.164 e. The highest BCUT2D eigenvalue weighted by Crippen LogP contribution is 2.64. The van der Waals surface area contributed by atoms with Crippen LogP contribution in [0.15, 0.2) is 237 Å². The molecule has 2 aliphatic rings. The van der Waals surface area contributed by atoms with Crippen molar-refractivity contribution >= 4 is 10.8 Å². The molecule has 2 aliphatic carbocycles. The Labute approximate surface area is 378 Å². The minimum absolute atomic E-state index is 0.418. The average Bonchev–Trinajstić information content (AvgIpc) is 3.86. The van der Waals surface area contributed by atoms with Crippen molar-refractivity contribution < 1.29 is 0 Å². The molecule has 0 amide bonds. The molecule has 302 valence electrons. The quantitative estimate of drug-likeness (QED) is 0.168. The molecule has 1 aromatic heterocycles. The van der Waals surface area contributed by atoms with E-state index in [1.807, 2.05) is 12.1 Å². The van der Waals surface area contributed by atoms with Gasteiger partial charge in [-0.1, -0.05) is 218 Å². The summed E-state index contributed by atoms with van der Waals surface area (Å²) in [4.78, 5) is 15.9. The summed E-state index contributed by atoms with van der Waals surface area (Å²) in [6, 6.07) is 85.1. The van der Waals surface area contributed by atoms with Crippen molar-refractivity contribution in [3.63, 3.8) is 0 Å². The molecule has 0 atom stereocenters. The second-order valence-electron chi connectivity index (χ2n) is 17.0. The van der Waals surface area contributed by atoms with E-state index in [-0.39, 0.29) is 0 Å². The second-order valence-corrected chi connectivity index (χ2v) is 17.0. The van der Waals surface area contributed by atoms with Gasteiger partial charge in [0.1, 0.15) is 0 Å². The molecular weight excluding hydrogens is 787 g/mol. The molecule has 13 rings (SSSR count). The Hall–Kier alpha value is -8.53. The van der Waals surface area contributed by atoms with E-state index >= 15 is 0 Å². The van der Waals surface area contributed by atoms with Gasteiger partial charge < -0.3 is 0 Å². The Balaban J connectivity index is 1.01. The molecule has 3 heteroatoms. The Bertz CT molecular complexity index is 3520. The molecule has 0 saturated heterocycles. The van der Waals surface area contributed by atoms with Gasteiger partial charge in [0.05, 0.1) is 5.41 Å². The summed E-state index contributed by atoms with van der Waals surface area (Å²) in [6.45, 7) is 0. The van der Waals surface area contributed by atoms with Gasteiger partial charge in [0, 0.05) is 16.7 Å². The number of aromatic nitrogens is 3. The molecule has 0 aliphatic heterocycles. The van der Waals surface area contributed by atoms with Crippen LogP contribution in [0.2, 0.25) is 0 Å². The van der Waals surface area contributed by atoms with E-state index in [9.17, 15) is 0 Å². The van der Waals surface area contributed by atoms with E-state index < -0.39 is 5.41 Å². The monoisotopic (exact) mass is 825 g/mol. The molecule has 3 nitrogen and oxygen atoms in total. The first-order chi connectivity index (χ1) is 32.2. The van der Waals surface area contributed by atoms with Gasteiger partial charge >= 0.3 is 0 Å². The number of hydrogen-bond donors (Lipinski definition) is 0. The Morgan fingerprint density at radius 2 is 0.615 bits per heavy atom. The minimum Gasteiger partial charge on any atom is -0.208 e. The lowest BCUT2D eigenvalue weighted by Gasteiger charge is -2.30. The lowest BCUT2D eigenvalue weighted by molar-refractivity contribution is 0.794. The first-order valence-corrected chi connectivity index (χ1v) is 22.3. The van der Waals surface area contributed by atoms with Gasteiger partial charge in [0.15, 0.2) is 17.5 Å². The summed E-state index contributed by atoms with van der Waals surface area (Å²) in [7, 11) is 0. The molecule has 10 aromatic carbocycles. The number of hydrogen-bond acceptors (Lipinski definition) is 3. The Kier molecular flexibility index (Phi) is 8.44. The molecule has 0 fully saturated rings. The Morgan fingerprint density at radius 3 is 1.20 bits per heavy atom. The lowest BCUT2D eigenvalue weighted by atomic mass is 9.70. The fraction of sp³-hybridized carbons (Fsp3) is 0.0161. The van der Waals surface area contributed by atoms with Crippen molar-refractivity contribution in [2.75, 3.05) is 0 Å². The number of nitrogens with zero attached hydrogens (tertiary/aromatic N) is 3. The SMILES string of the molecule is c1ccc(-c2cccc(-c3nc(-c4cccc(-c5ccccc5)c4)nc(-c4ccc(-c5cccc6c5-c5ccccc5C65c6ccccc6-c6ccccc65)c5ccccc45)n3)c2)cc1. The normalized spacial score (nSPS) is 12.7. The van der Waals surface area contributed by atoms with Crippen molar-refractivity contribution in [2.45, 2.75) is 5.41 Å². The molecule has 65 heavy (non-hydrogen) atoms. The largest absolute Gasteiger partial charge is 0.208 e.